The molecule has 0 radical (unpaired) electrons. The summed E-state index contributed by atoms with van der Waals surface area (Å²) in [6, 6.07) is 0. The van der Waals surface area contributed by atoms with Crippen molar-refractivity contribution < 1.29 is 9.90 Å². The molecule has 4 nitrogen and oxygen atoms in total. The maximum atomic E-state index is 10.5. The predicted octanol–water partition coefficient (Wildman–Crippen LogP) is 2.57. The van der Waals surface area contributed by atoms with E-state index in [4.69, 9.17) is 5.11 Å². The number of nitrogens with one attached hydrogen (secondary N) is 1. The molecule has 0 bridgehead atoms. The molecule has 0 amide bonds. The van der Waals surface area contributed by atoms with E-state index in [2.05, 4.69) is 26.2 Å². The lowest BCUT2D eigenvalue weighted by molar-refractivity contribution is -0.137. The summed E-state index contributed by atoms with van der Waals surface area (Å²) in [7, 11) is 0. The van der Waals surface area contributed by atoms with E-state index in [0.29, 0.717) is 0 Å². The van der Waals surface area contributed by atoms with Crippen LogP contribution in [0.1, 0.15) is 20.3 Å². The third-order valence-corrected chi connectivity index (χ3v) is 2.98. The number of carboxylic acids is 1. The van der Waals surface area contributed by atoms with Crippen molar-refractivity contribution in [3.8, 4) is 0 Å². The Balaban J connectivity index is 2.63. The minimum absolute atomic E-state index is 0.0597. The Labute approximate surface area is 94.5 Å². The first-order valence-corrected chi connectivity index (χ1v) is 5.67. The fourth-order valence-corrected chi connectivity index (χ4v) is 2.35. The molecule has 14 heavy (non-hydrogen) atoms. The molecule has 2 N–H and O–H groups in total. The van der Waals surface area contributed by atoms with Gasteiger partial charge < -0.3 is 10.4 Å². The standard InChI is InChI=1S/C8H11BrN2O2S/c1-8(2,3-6(12)13)11-7-10-5(9)4-14-7/h4H,3H2,1-2H3,(H,10,11)(H,12,13). The topological polar surface area (TPSA) is 62.2 Å². The van der Waals surface area contributed by atoms with Gasteiger partial charge in [0.05, 0.1) is 6.42 Å². The lowest BCUT2D eigenvalue weighted by Gasteiger charge is -2.23. The van der Waals surface area contributed by atoms with Gasteiger partial charge in [0.2, 0.25) is 0 Å². The zero-order chi connectivity index (χ0) is 10.8. The number of carboxylic acid groups (broad SMARTS) is 1. The molecule has 0 saturated carbocycles. The first-order chi connectivity index (χ1) is 6.39. The largest absolute Gasteiger partial charge is 0.481 e. The molecule has 0 spiro atoms. The SMILES string of the molecule is CC(C)(CC(=O)O)Nc1nc(Br)cs1. The summed E-state index contributed by atoms with van der Waals surface area (Å²) in [6.07, 6.45) is 0.0597. The summed E-state index contributed by atoms with van der Waals surface area (Å²) >= 11 is 4.67. The highest BCUT2D eigenvalue weighted by atomic mass is 79.9. The summed E-state index contributed by atoms with van der Waals surface area (Å²) in [5, 5.41) is 14.3. The summed E-state index contributed by atoms with van der Waals surface area (Å²) in [6.45, 7) is 3.66. The lowest BCUT2D eigenvalue weighted by atomic mass is 10.0. The first-order valence-electron chi connectivity index (χ1n) is 4.00. The van der Waals surface area contributed by atoms with E-state index in [0.717, 1.165) is 9.73 Å². The lowest BCUT2D eigenvalue weighted by Crippen LogP contribution is -2.33. The smallest absolute Gasteiger partial charge is 0.305 e. The number of aliphatic carboxylic acids is 1. The Bertz CT molecular complexity index is 338. The van der Waals surface area contributed by atoms with Gasteiger partial charge in [0, 0.05) is 10.9 Å². The van der Waals surface area contributed by atoms with E-state index in [1.807, 2.05) is 19.2 Å². The molecule has 1 heterocycles. The second-order valence-corrected chi connectivity index (χ2v) is 5.23. The zero-order valence-electron chi connectivity index (χ0n) is 7.87. The summed E-state index contributed by atoms with van der Waals surface area (Å²) < 4.78 is 0.760. The molecule has 0 atom stereocenters. The number of halogens is 1. The molecule has 78 valence electrons. The van der Waals surface area contributed by atoms with E-state index in [1.54, 1.807) is 0 Å². The van der Waals surface area contributed by atoms with Crippen LogP contribution in [0.3, 0.4) is 0 Å². The molecule has 0 fully saturated rings. The van der Waals surface area contributed by atoms with Crippen molar-refractivity contribution in [2.75, 3.05) is 5.32 Å². The Hall–Kier alpha value is -0.620. The monoisotopic (exact) mass is 278 g/mol. The van der Waals surface area contributed by atoms with E-state index in [9.17, 15) is 4.79 Å². The molecule has 1 aromatic rings. The fraction of sp³-hybridized carbons (Fsp3) is 0.500. The van der Waals surface area contributed by atoms with Crippen LogP contribution >= 0.6 is 27.3 Å². The molecular formula is C8H11BrN2O2S. The quantitative estimate of drug-likeness (QED) is 0.889. The molecule has 0 saturated heterocycles. The Morgan fingerprint density at radius 2 is 2.43 bits per heavy atom. The number of thiazole rings is 1. The Morgan fingerprint density at radius 1 is 1.79 bits per heavy atom. The molecule has 0 aliphatic rings. The molecule has 0 aliphatic heterocycles. The minimum atomic E-state index is -0.821. The predicted molar refractivity (Wildman–Crippen MR) is 59.8 cm³/mol. The van der Waals surface area contributed by atoms with E-state index in [-0.39, 0.29) is 6.42 Å². The molecule has 0 aromatic carbocycles. The van der Waals surface area contributed by atoms with Gasteiger partial charge in [-0.2, -0.15) is 0 Å². The van der Waals surface area contributed by atoms with Gasteiger partial charge in [0.15, 0.2) is 5.13 Å². The molecule has 1 aromatic heterocycles. The summed E-state index contributed by atoms with van der Waals surface area (Å²) in [4.78, 5) is 14.7. The third kappa shape index (κ3) is 3.63. The van der Waals surface area contributed by atoms with Gasteiger partial charge in [0.1, 0.15) is 4.60 Å². The maximum Gasteiger partial charge on any atom is 0.305 e. The maximum absolute atomic E-state index is 10.5. The average molecular weight is 279 g/mol. The van der Waals surface area contributed by atoms with Crippen LogP contribution < -0.4 is 5.32 Å². The van der Waals surface area contributed by atoms with Crippen molar-refractivity contribution in [2.45, 2.75) is 25.8 Å². The van der Waals surface area contributed by atoms with Gasteiger partial charge >= 0.3 is 5.97 Å². The Morgan fingerprint density at radius 3 is 2.86 bits per heavy atom. The van der Waals surface area contributed by atoms with Gasteiger partial charge in [-0.05, 0) is 29.8 Å². The van der Waals surface area contributed by atoms with Crippen molar-refractivity contribution >= 4 is 38.4 Å². The summed E-state index contributed by atoms with van der Waals surface area (Å²) in [5.74, 6) is -0.821. The number of hydrogen-bond donors (Lipinski definition) is 2. The minimum Gasteiger partial charge on any atom is -0.481 e. The van der Waals surface area contributed by atoms with Gasteiger partial charge in [-0.25, -0.2) is 4.98 Å². The first kappa shape index (κ1) is 11.5. The van der Waals surface area contributed by atoms with E-state index in [1.165, 1.54) is 11.3 Å². The van der Waals surface area contributed by atoms with Crippen LogP contribution in [0.15, 0.2) is 9.98 Å². The highest BCUT2D eigenvalue weighted by molar-refractivity contribution is 9.10. The molecule has 0 aliphatic carbocycles. The number of hydrogen-bond acceptors (Lipinski definition) is 4. The van der Waals surface area contributed by atoms with Gasteiger partial charge in [-0.1, -0.05) is 0 Å². The fourth-order valence-electron chi connectivity index (χ4n) is 1.02. The van der Waals surface area contributed by atoms with Gasteiger partial charge in [0.25, 0.3) is 0 Å². The van der Waals surface area contributed by atoms with Crippen molar-refractivity contribution in [3.63, 3.8) is 0 Å². The molecular weight excluding hydrogens is 268 g/mol. The zero-order valence-corrected chi connectivity index (χ0v) is 10.3. The highest BCUT2D eigenvalue weighted by Gasteiger charge is 2.22. The molecule has 1 rings (SSSR count). The van der Waals surface area contributed by atoms with Crippen LogP contribution in [-0.2, 0) is 4.79 Å². The number of anilines is 1. The van der Waals surface area contributed by atoms with Crippen molar-refractivity contribution in [3.05, 3.63) is 9.98 Å². The normalized spacial score (nSPS) is 11.4. The van der Waals surface area contributed by atoms with Gasteiger partial charge in [-0.3, -0.25) is 4.79 Å². The van der Waals surface area contributed by atoms with Crippen molar-refractivity contribution in [2.24, 2.45) is 0 Å². The number of rotatable bonds is 4. The number of carbonyl (C=O) groups is 1. The average Bonchev–Trinajstić information content (AvgIpc) is 2.30. The van der Waals surface area contributed by atoms with Gasteiger partial charge in [-0.15, -0.1) is 11.3 Å². The van der Waals surface area contributed by atoms with E-state index >= 15 is 0 Å². The number of aromatic nitrogens is 1. The second kappa shape index (κ2) is 4.27. The third-order valence-electron chi connectivity index (χ3n) is 1.51. The Kier molecular flexibility index (Phi) is 3.49. The van der Waals surface area contributed by atoms with Crippen molar-refractivity contribution in [1.82, 2.24) is 4.98 Å². The van der Waals surface area contributed by atoms with Crippen LogP contribution in [0.2, 0.25) is 0 Å². The summed E-state index contributed by atoms with van der Waals surface area (Å²) in [5.41, 5.74) is -0.483. The molecule has 0 unspecified atom stereocenters. The number of nitrogens with zero attached hydrogens (tertiary/aromatic N) is 1. The van der Waals surface area contributed by atoms with E-state index < -0.39 is 11.5 Å². The van der Waals surface area contributed by atoms with Crippen LogP contribution in [0.4, 0.5) is 5.13 Å². The van der Waals surface area contributed by atoms with Crippen LogP contribution in [0, 0.1) is 0 Å². The van der Waals surface area contributed by atoms with Crippen molar-refractivity contribution in [1.29, 1.82) is 0 Å². The highest BCUT2D eigenvalue weighted by Crippen LogP contribution is 2.24. The van der Waals surface area contributed by atoms with Crippen LogP contribution in [0.5, 0.6) is 0 Å². The van der Waals surface area contributed by atoms with Crippen LogP contribution in [-0.4, -0.2) is 21.6 Å². The molecule has 6 heteroatoms. The second-order valence-electron chi connectivity index (χ2n) is 3.55. The van der Waals surface area contributed by atoms with Crippen LogP contribution in [0.25, 0.3) is 0 Å².